The van der Waals surface area contributed by atoms with Crippen LogP contribution in [0.25, 0.3) is 5.78 Å². The van der Waals surface area contributed by atoms with E-state index in [2.05, 4.69) is 46.4 Å². The van der Waals surface area contributed by atoms with Crippen molar-refractivity contribution in [1.82, 2.24) is 24.9 Å². The summed E-state index contributed by atoms with van der Waals surface area (Å²) in [6.07, 6.45) is 0. The minimum Gasteiger partial charge on any atom is -0.351 e. The second-order valence-corrected chi connectivity index (χ2v) is 9.50. The first kappa shape index (κ1) is 23.0. The van der Waals surface area contributed by atoms with Crippen LogP contribution in [0, 0.1) is 19.8 Å². The number of aryl methyl sites for hydroxylation is 2. The molecule has 2 heterocycles. The van der Waals surface area contributed by atoms with Gasteiger partial charge in [0.1, 0.15) is 0 Å². The molecule has 0 saturated heterocycles. The van der Waals surface area contributed by atoms with E-state index >= 15 is 0 Å². The van der Waals surface area contributed by atoms with Gasteiger partial charge in [-0.25, -0.2) is 9.50 Å². The molecule has 2 aromatic heterocycles. The molecule has 4 rings (SSSR count). The van der Waals surface area contributed by atoms with Crippen LogP contribution in [0.5, 0.6) is 0 Å². The Hall–Kier alpha value is -3.19. The van der Waals surface area contributed by atoms with Crippen molar-refractivity contribution < 1.29 is 4.79 Å². The van der Waals surface area contributed by atoms with Crippen molar-refractivity contribution in [2.75, 3.05) is 6.54 Å². The third kappa shape index (κ3) is 5.42. The molecule has 0 bridgehead atoms. The fourth-order valence-electron chi connectivity index (χ4n) is 3.96. The summed E-state index contributed by atoms with van der Waals surface area (Å²) in [4.78, 5) is 22.1. The standard InChI is InChI=1S/C26H29N5OS/c1-17(2)23(20-10-6-5-7-11-20)15-27-24(32)22-13-9-8-12-21(22)16-33-26-29-25-28-18(3)14-19(4)31(25)30-26/h5-14,17,23H,15-16H2,1-4H3,(H,27,32). The quantitative estimate of drug-likeness (QED) is 0.367. The SMILES string of the molecule is Cc1cc(C)n2nc(SCc3ccccc3C(=O)NCC(c3ccccc3)C(C)C)nc2n1. The molecule has 6 nitrogen and oxygen atoms in total. The largest absolute Gasteiger partial charge is 0.351 e. The third-order valence-electron chi connectivity index (χ3n) is 5.73. The summed E-state index contributed by atoms with van der Waals surface area (Å²) in [6.45, 7) is 8.91. The molecule has 1 amide bonds. The van der Waals surface area contributed by atoms with Crippen molar-refractivity contribution in [1.29, 1.82) is 0 Å². The topological polar surface area (TPSA) is 72.2 Å². The summed E-state index contributed by atoms with van der Waals surface area (Å²) in [7, 11) is 0. The fraction of sp³-hybridized carbons (Fsp3) is 0.308. The lowest BCUT2D eigenvalue weighted by Gasteiger charge is -2.22. The molecule has 0 spiro atoms. The number of carbonyl (C=O) groups is 1. The van der Waals surface area contributed by atoms with Gasteiger partial charge in [-0.05, 0) is 43.0 Å². The summed E-state index contributed by atoms with van der Waals surface area (Å²) in [5, 5.41) is 8.37. The molecule has 1 unspecified atom stereocenters. The molecule has 0 aliphatic rings. The van der Waals surface area contributed by atoms with Gasteiger partial charge in [0.25, 0.3) is 11.7 Å². The Kier molecular flexibility index (Phi) is 7.08. The number of carbonyl (C=O) groups excluding carboxylic acids is 1. The Labute approximate surface area is 198 Å². The first-order chi connectivity index (χ1) is 15.9. The number of amides is 1. The highest BCUT2D eigenvalue weighted by molar-refractivity contribution is 7.98. The van der Waals surface area contributed by atoms with Crippen LogP contribution in [0.4, 0.5) is 0 Å². The van der Waals surface area contributed by atoms with Crippen LogP contribution < -0.4 is 5.32 Å². The predicted molar refractivity (Wildman–Crippen MR) is 133 cm³/mol. The molecule has 0 aliphatic carbocycles. The summed E-state index contributed by atoms with van der Waals surface area (Å²) in [5.74, 6) is 1.83. The molecular weight excluding hydrogens is 430 g/mol. The molecule has 2 aromatic carbocycles. The van der Waals surface area contributed by atoms with E-state index in [4.69, 9.17) is 0 Å². The minimum atomic E-state index is -0.0520. The number of benzene rings is 2. The van der Waals surface area contributed by atoms with Gasteiger partial charge >= 0.3 is 0 Å². The predicted octanol–water partition coefficient (Wildman–Crippen LogP) is 5.20. The average Bonchev–Trinajstić information content (AvgIpc) is 3.21. The Bertz CT molecular complexity index is 1250. The number of hydrogen-bond acceptors (Lipinski definition) is 5. The van der Waals surface area contributed by atoms with Gasteiger partial charge < -0.3 is 5.32 Å². The van der Waals surface area contributed by atoms with Gasteiger partial charge in [0, 0.05) is 35.2 Å². The van der Waals surface area contributed by atoms with Crippen molar-refractivity contribution in [3.05, 3.63) is 88.7 Å². The van der Waals surface area contributed by atoms with E-state index in [1.807, 2.05) is 62.4 Å². The monoisotopic (exact) mass is 459 g/mol. The highest BCUT2D eigenvalue weighted by Gasteiger charge is 2.19. The molecule has 1 N–H and O–H groups in total. The smallest absolute Gasteiger partial charge is 0.253 e. The molecule has 1 atom stereocenters. The Morgan fingerprint density at radius 2 is 1.76 bits per heavy atom. The molecule has 4 aromatic rings. The van der Waals surface area contributed by atoms with E-state index in [1.165, 1.54) is 17.3 Å². The first-order valence-electron chi connectivity index (χ1n) is 11.2. The molecule has 170 valence electrons. The maximum absolute atomic E-state index is 13.1. The number of rotatable bonds is 8. The second kappa shape index (κ2) is 10.2. The third-order valence-corrected chi connectivity index (χ3v) is 6.62. The first-order valence-corrected chi connectivity index (χ1v) is 12.2. The van der Waals surface area contributed by atoms with Crippen LogP contribution in [-0.2, 0) is 5.75 Å². The highest BCUT2D eigenvalue weighted by Crippen LogP contribution is 2.25. The fourth-order valence-corrected chi connectivity index (χ4v) is 4.78. The van der Waals surface area contributed by atoms with E-state index < -0.39 is 0 Å². The van der Waals surface area contributed by atoms with Crippen molar-refractivity contribution in [2.45, 2.75) is 44.5 Å². The van der Waals surface area contributed by atoms with Gasteiger partial charge in [-0.1, -0.05) is 74.1 Å². The Morgan fingerprint density at radius 1 is 1.03 bits per heavy atom. The number of thioether (sulfide) groups is 1. The van der Waals surface area contributed by atoms with Gasteiger partial charge in [0.05, 0.1) is 0 Å². The summed E-state index contributed by atoms with van der Waals surface area (Å²) >= 11 is 1.51. The molecule has 0 radical (unpaired) electrons. The van der Waals surface area contributed by atoms with Gasteiger partial charge in [0.2, 0.25) is 5.16 Å². The maximum Gasteiger partial charge on any atom is 0.253 e. The number of nitrogens with zero attached hydrogens (tertiary/aromatic N) is 4. The molecule has 0 aliphatic heterocycles. The van der Waals surface area contributed by atoms with Crippen molar-refractivity contribution in [3.63, 3.8) is 0 Å². The van der Waals surface area contributed by atoms with Crippen LogP contribution in [0.15, 0.2) is 65.8 Å². The second-order valence-electron chi connectivity index (χ2n) is 8.56. The van der Waals surface area contributed by atoms with Crippen LogP contribution in [0.2, 0.25) is 0 Å². The van der Waals surface area contributed by atoms with Crippen molar-refractivity contribution >= 4 is 23.4 Å². The molecular formula is C26H29N5OS. The van der Waals surface area contributed by atoms with Gasteiger partial charge in [-0.15, -0.1) is 5.10 Å². The summed E-state index contributed by atoms with van der Waals surface area (Å²) in [5.41, 5.74) is 4.81. The van der Waals surface area contributed by atoms with Gasteiger partial charge in [0.15, 0.2) is 0 Å². The van der Waals surface area contributed by atoms with Crippen LogP contribution in [-0.4, -0.2) is 32.0 Å². The van der Waals surface area contributed by atoms with E-state index in [0.717, 1.165) is 17.0 Å². The summed E-state index contributed by atoms with van der Waals surface area (Å²) < 4.78 is 1.75. The summed E-state index contributed by atoms with van der Waals surface area (Å²) in [6, 6.07) is 20.1. The van der Waals surface area contributed by atoms with Crippen molar-refractivity contribution in [3.8, 4) is 0 Å². The minimum absolute atomic E-state index is 0.0520. The zero-order valence-electron chi connectivity index (χ0n) is 19.4. The van der Waals surface area contributed by atoms with E-state index in [9.17, 15) is 4.79 Å². The number of nitrogens with one attached hydrogen (secondary N) is 1. The number of aromatic nitrogens is 4. The van der Waals surface area contributed by atoms with Crippen molar-refractivity contribution in [2.24, 2.45) is 5.92 Å². The van der Waals surface area contributed by atoms with E-state index in [0.29, 0.717) is 34.7 Å². The maximum atomic E-state index is 13.1. The van der Waals surface area contributed by atoms with Gasteiger partial charge in [-0.2, -0.15) is 4.98 Å². The van der Waals surface area contributed by atoms with E-state index in [1.54, 1.807) is 4.52 Å². The molecule has 7 heteroatoms. The zero-order chi connectivity index (χ0) is 23.4. The van der Waals surface area contributed by atoms with Crippen LogP contribution in [0.3, 0.4) is 0 Å². The molecule has 0 saturated carbocycles. The zero-order valence-corrected chi connectivity index (χ0v) is 20.3. The Balaban J connectivity index is 1.46. The lowest BCUT2D eigenvalue weighted by Crippen LogP contribution is -2.31. The van der Waals surface area contributed by atoms with Crippen LogP contribution >= 0.6 is 11.8 Å². The van der Waals surface area contributed by atoms with Crippen LogP contribution in [0.1, 0.15) is 52.6 Å². The highest BCUT2D eigenvalue weighted by atomic mass is 32.2. The lowest BCUT2D eigenvalue weighted by atomic mass is 9.88. The Morgan fingerprint density at radius 3 is 2.52 bits per heavy atom. The lowest BCUT2D eigenvalue weighted by molar-refractivity contribution is 0.0948. The van der Waals surface area contributed by atoms with E-state index in [-0.39, 0.29) is 11.8 Å². The molecule has 0 fully saturated rings. The molecule has 33 heavy (non-hydrogen) atoms. The average molecular weight is 460 g/mol. The van der Waals surface area contributed by atoms with Gasteiger partial charge in [-0.3, -0.25) is 4.79 Å². The number of hydrogen-bond donors (Lipinski definition) is 1. The number of fused-ring (bicyclic) bond motifs is 1. The normalized spacial score (nSPS) is 12.3.